The highest BCUT2D eigenvalue weighted by molar-refractivity contribution is 5.32. The van der Waals surface area contributed by atoms with Crippen LogP contribution in [0.25, 0.3) is 0 Å². The number of hydrogen-bond donors (Lipinski definition) is 0. The molecule has 0 unspecified atom stereocenters. The van der Waals surface area contributed by atoms with Gasteiger partial charge < -0.3 is 9.47 Å². The van der Waals surface area contributed by atoms with Crippen molar-refractivity contribution >= 4 is 0 Å². The van der Waals surface area contributed by atoms with Crippen LogP contribution in [0.4, 0.5) is 0 Å². The van der Waals surface area contributed by atoms with E-state index in [4.69, 9.17) is 9.47 Å². The molecule has 0 saturated carbocycles. The molecular weight excluding hydrogens is 250 g/mol. The Bertz CT molecular complexity index is 556. The Morgan fingerprint density at radius 3 is 2.35 bits per heavy atom. The fourth-order valence-electron chi connectivity index (χ4n) is 1.93. The molecule has 2 rings (SSSR count). The van der Waals surface area contributed by atoms with Crippen LogP contribution < -0.4 is 9.47 Å². The molecule has 3 heteroatoms. The van der Waals surface area contributed by atoms with Crippen molar-refractivity contribution < 1.29 is 9.47 Å². The first-order valence-corrected chi connectivity index (χ1v) is 6.72. The lowest BCUT2D eigenvalue weighted by molar-refractivity contribution is 0.293. The molecule has 0 aliphatic carbocycles. The number of benzene rings is 1. The van der Waals surface area contributed by atoms with Crippen LogP contribution in [0, 0.1) is 0 Å². The second kappa shape index (κ2) is 5.95. The van der Waals surface area contributed by atoms with Gasteiger partial charge in [-0.25, -0.2) is 4.98 Å². The summed E-state index contributed by atoms with van der Waals surface area (Å²) in [4.78, 5) is 4.15. The minimum Gasteiger partial charge on any atom is -0.489 e. The van der Waals surface area contributed by atoms with Crippen LogP contribution in [0.5, 0.6) is 11.6 Å². The van der Waals surface area contributed by atoms with E-state index in [1.807, 2.05) is 24.3 Å². The third-order valence-corrected chi connectivity index (χ3v) is 3.16. The van der Waals surface area contributed by atoms with Gasteiger partial charge in [-0.3, -0.25) is 0 Å². The molecule has 0 saturated heterocycles. The first-order valence-electron chi connectivity index (χ1n) is 6.72. The zero-order valence-corrected chi connectivity index (χ0v) is 12.5. The molecule has 2 aromatic rings. The number of nitrogens with zero attached hydrogens (tertiary/aromatic N) is 1. The minimum atomic E-state index is 0.158. The normalized spacial score (nSPS) is 11.2. The summed E-state index contributed by atoms with van der Waals surface area (Å²) in [6, 6.07) is 12.1. The van der Waals surface area contributed by atoms with Crippen LogP contribution in [0.1, 0.15) is 31.9 Å². The highest BCUT2D eigenvalue weighted by Gasteiger charge is 2.13. The minimum absolute atomic E-state index is 0.158. The molecule has 1 aromatic carbocycles. The van der Waals surface area contributed by atoms with E-state index in [2.05, 4.69) is 37.9 Å². The summed E-state index contributed by atoms with van der Waals surface area (Å²) in [5.74, 6) is 1.46. The van der Waals surface area contributed by atoms with Gasteiger partial charge >= 0.3 is 0 Å². The van der Waals surface area contributed by atoms with Crippen molar-refractivity contribution in [1.29, 1.82) is 0 Å². The molecule has 106 valence electrons. The molecule has 0 radical (unpaired) electrons. The largest absolute Gasteiger partial charge is 0.489 e. The van der Waals surface area contributed by atoms with Gasteiger partial charge in [0.2, 0.25) is 5.88 Å². The molecule has 20 heavy (non-hydrogen) atoms. The van der Waals surface area contributed by atoms with Gasteiger partial charge in [0.25, 0.3) is 0 Å². The maximum Gasteiger partial charge on any atom is 0.219 e. The Balaban J connectivity index is 2.04. The number of rotatable bonds is 4. The van der Waals surface area contributed by atoms with Crippen molar-refractivity contribution in [3.05, 3.63) is 53.7 Å². The molecule has 3 nitrogen and oxygen atoms in total. The SMILES string of the molecule is COc1ncccc1COc1ccc(C(C)(C)C)cc1. The number of hydrogen-bond acceptors (Lipinski definition) is 3. The third-order valence-electron chi connectivity index (χ3n) is 3.16. The highest BCUT2D eigenvalue weighted by atomic mass is 16.5. The standard InChI is InChI=1S/C17H21NO2/c1-17(2,3)14-7-9-15(10-8-14)20-12-13-6-5-11-18-16(13)19-4/h5-11H,12H2,1-4H3. The Morgan fingerprint density at radius 2 is 1.75 bits per heavy atom. The first-order chi connectivity index (χ1) is 9.50. The summed E-state index contributed by atoms with van der Waals surface area (Å²) < 4.78 is 11.0. The quantitative estimate of drug-likeness (QED) is 0.843. The van der Waals surface area contributed by atoms with Crippen LogP contribution in [-0.2, 0) is 12.0 Å². The van der Waals surface area contributed by atoms with E-state index in [9.17, 15) is 0 Å². The zero-order valence-electron chi connectivity index (χ0n) is 12.5. The molecule has 0 aliphatic heterocycles. The molecule has 0 amide bonds. The molecule has 0 N–H and O–H groups in total. The Kier molecular flexibility index (Phi) is 4.28. The lowest BCUT2D eigenvalue weighted by atomic mass is 9.87. The van der Waals surface area contributed by atoms with Gasteiger partial charge in [0.05, 0.1) is 12.7 Å². The summed E-state index contributed by atoms with van der Waals surface area (Å²) >= 11 is 0. The van der Waals surface area contributed by atoms with Gasteiger partial charge in [0, 0.05) is 6.20 Å². The molecule has 0 bridgehead atoms. The second-order valence-corrected chi connectivity index (χ2v) is 5.73. The monoisotopic (exact) mass is 271 g/mol. The molecule has 1 aromatic heterocycles. The number of aromatic nitrogens is 1. The van der Waals surface area contributed by atoms with E-state index in [0.717, 1.165) is 11.3 Å². The van der Waals surface area contributed by atoms with Gasteiger partial charge in [0.15, 0.2) is 0 Å². The average Bonchev–Trinajstić information content (AvgIpc) is 2.45. The summed E-state index contributed by atoms with van der Waals surface area (Å²) in [7, 11) is 1.62. The molecule has 0 fully saturated rings. The van der Waals surface area contributed by atoms with Crippen LogP contribution in [0.3, 0.4) is 0 Å². The van der Waals surface area contributed by atoms with Crippen LogP contribution in [0.2, 0.25) is 0 Å². The number of methoxy groups -OCH3 is 1. The lowest BCUT2D eigenvalue weighted by Gasteiger charge is -2.19. The van der Waals surface area contributed by atoms with Crippen molar-refractivity contribution in [2.75, 3.05) is 7.11 Å². The Morgan fingerprint density at radius 1 is 1.05 bits per heavy atom. The summed E-state index contributed by atoms with van der Waals surface area (Å²) in [6.45, 7) is 7.04. The first kappa shape index (κ1) is 14.4. The average molecular weight is 271 g/mol. The van der Waals surface area contributed by atoms with Crippen molar-refractivity contribution in [2.24, 2.45) is 0 Å². The van der Waals surface area contributed by atoms with Crippen LogP contribution in [0.15, 0.2) is 42.6 Å². The van der Waals surface area contributed by atoms with Crippen LogP contribution >= 0.6 is 0 Å². The van der Waals surface area contributed by atoms with E-state index in [-0.39, 0.29) is 5.41 Å². The van der Waals surface area contributed by atoms with E-state index in [1.54, 1.807) is 13.3 Å². The van der Waals surface area contributed by atoms with Gasteiger partial charge in [-0.15, -0.1) is 0 Å². The Hall–Kier alpha value is -2.03. The highest BCUT2D eigenvalue weighted by Crippen LogP contribution is 2.25. The predicted octanol–water partition coefficient (Wildman–Crippen LogP) is 3.97. The fraction of sp³-hybridized carbons (Fsp3) is 0.353. The fourth-order valence-corrected chi connectivity index (χ4v) is 1.93. The second-order valence-electron chi connectivity index (χ2n) is 5.73. The summed E-state index contributed by atoms with van der Waals surface area (Å²) in [5.41, 5.74) is 2.39. The van der Waals surface area contributed by atoms with Crippen molar-refractivity contribution in [1.82, 2.24) is 4.98 Å². The van der Waals surface area contributed by atoms with Crippen molar-refractivity contribution in [3.8, 4) is 11.6 Å². The van der Waals surface area contributed by atoms with Crippen LogP contribution in [-0.4, -0.2) is 12.1 Å². The number of ether oxygens (including phenoxy) is 2. The third kappa shape index (κ3) is 3.50. The van der Waals surface area contributed by atoms with Gasteiger partial charge in [-0.2, -0.15) is 0 Å². The van der Waals surface area contributed by atoms with Crippen molar-refractivity contribution in [3.63, 3.8) is 0 Å². The topological polar surface area (TPSA) is 31.4 Å². The summed E-state index contributed by atoms with van der Waals surface area (Å²) in [5, 5.41) is 0. The van der Waals surface area contributed by atoms with Gasteiger partial charge in [0.1, 0.15) is 12.4 Å². The van der Waals surface area contributed by atoms with Crippen molar-refractivity contribution in [2.45, 2.75) is 32.8 Å². The lowest BCUT2D eigenvalue weighted by Crippen LogP contribution is -2.10. The summed E-state index contributed by atoms with van der Waals surface area (Å²) in [6.07, 6.45) is 1.71. The van der Waals surface area contributed by atoms with Gasteiger partial charge in [-0.1, -0.05) is 32.9 Å². The molecular formula is C17H21NO2. The smallest absolute Gasteiger partial charge is 0.219 e. The Labute approximate surface area is 120 Å². The zero-order chi connectivity index (χ0) is 14.6. The molecule has 0 atom stereocenters. The predicted molar refractivity (Wildman–Crippen MR) is 80.3 cm³/mol. The molecule has 0 aliphatic rings. The maximum atomic E-state index is 5.78. The van der Waals surface area contributed by atoms with E-state index >= 15 is 0 Å². The molecule has 1 heterocycles. The van der Waals surface area contributed by atoms with E-state index in [1.165, 1.54) is 5.56 Å². The maximum absolute atomic E-state index is 5.78. The number of pyridine rings is 1. The van der Waals surface area contributed by atoms with E-state index in [0.29, 0.717) is 12.5 Å². The molecule has 0 spiro atoms. The van der Waals surface area contributed by atoms with Gasteiger partial charge in [-0.05, 0) is 35.2 Å². The van der Waals surface area contributed by atoms with E-state index < -0.39 is 0 Å².